The summed E-state index contributed by atoms with van der Waals surface area (Å²) in [6, 6.07) is 9.93. The van der Waals surface area contributed by atoms with Crippen LogP contribution in [0.15, 0.2) is 42.6 Å². The Labute approximate surface area is 177 Å². The van der Waals surface area contributed by atoms with E-state index in [0.717, 1.165) is 0 Å². The molecule has 2 aromatic heterocycles. The van der Waals surface area contributed by atoms with Gasteiger partial charge in [0, 0.05) is 13.1 Å². The van der Waals surface area contributed by atoms with Crippen molar-refractivity contribution in [3.05, 3.63) is 70.1 Å². The molecule has 3 amide bonds. The monoisotopic (exact) mass is 426 g/mol. The number of carbonyl (C=O) groups excluding carboxylic acids is 3. The number of hydrazine groups is 1. The molecule has 0 aliphatic carbocycles. The number of aryl methyl sites for hydroxylation is 2. The van der Waals surface area contributed by atoms with E-state index in [-0.39, 0.29) is 16.9 Å². The summed E-state index contributed by atoms with van der Waals surface area (Å²) in [7, 11) is 0. The van der Waals surface area contributed by atoms with E-state index in [0.29, 0.717) is 22.1 Å². The van der Waals surface area contributed by atoms with E-state index < -0.39 is 17.7 Å². The quantitative estimate of drug-likeness (QED) is 0.554. The molecule has 0 saturated heterocycles. The number of halogens is 1. The first-order valence-electron chi connectivity index (χ1n) is 8.93. The van der Waals surface area contributed by atoms with E-state index in [9.17, 15) is 14.4 Å². The molecule has 1 aromatic carbocycles. The summed E-state index contributed by atoms with van der Waals surface area (Å²) in [5.41, 5.74) is 6.45. The summed E-state index contributed by atoms with van der Waals surface area (Å²) >= 11 is 6.21. The standard InChI is InChI=1S/C20H19ClN6O3/c1-11-6-4-8-15(17(11)20(30)25-24-13(3)28)23-19(29)16-10-12(2)26-27(16)18-14(21)7-5-9-22-18/h4-10H,1-3H3,(H,23,29)(H,24,28)(H,25,30). The predicted molar refractivity (Wildman–Crippen MR) is 112 cm³/mol. The minimum atomic E-state index is -0.559. The molecule has 10 heteroatoms. The molecule has 0 unspecified atom stereocenters. The molecule has 2 heterocycles. The highest BCUT2D eigenvalue weighted by Gasteiger charge is 2.21. The van der Waals surface area contributed by atoms with Crippen molar-refractivity contribution in [1.29, 1.82) is 0 Å². The number of benzene rings is 1. The summed E-state index contributed by atoms with van der Waals surface area (Å²) in [5, 5.41) is 7.38. The molecule has 0 saturated carbocycles. The van der Waals surface area contributed by atoms with Crippen LogP contribution in [0, 0.1) is 13.8 Å². The van der Waals surface area contributed by atoms with E-state index in [1.807, 2.05) is 0 Å². The zero-order valence-electron chi connectivity index (χ0n) is 16.5. The number of anilines is 1. The van der Waals surface area contributed by atoms with E-state index in [1.54, 1.807) is 56.4 Å². The minimum Gasteiger partial charge on any atom is -0.320 e. The van der Waals surface area contributed by atoms with Gasteiger partial charge in [0.1, 0.15) is 5.69 Å². The Morgan fingerprint density at radius 2 is 1.80 bits per heavy atom. The van der Waals surface area contributed by atoms with E-state index in [1.165, 1.54) is 11.6 Å². The first-order chi connectivity index (χ1) is 14.3. The van der Waals surface area contributed by atoms with Gasteiger partial charge in [0.25, 0.3) is 11.8 Å². The van der Waals surface area contributed by atoms with Crippen LogP contribution in [0.1, 0.15) is 39.0 Å². The highest BCUT2D eigenvalue weighted by atomic mass is 35.5. The van der Waals surface area contributed by atoms with Crippen LogP contribution < -0.4 is 16.2 Å². The molecule has 30 heavy (non-hydrogen) atoms. The topological polar surface area (TPSA) is 118 Å². The van der Waals surface area contributed by atoms with Crippen molar-refractivity contribution in [2.24, 2.45) is 0 Å². The number of nitrogens with zero attached hydrogens (tertiary/aromatic N) is 3. The Hall–Kier alpha value is -3.72. The highest BCUT2D eigenvalue weighted by molar-refractivity contribution is 6.32. The van der Waals surface area contributed by atoms with Gasteiger partial charge in [-0.05, 0) is 43.7 Å². The SMILES string of the molecule is CC(=O)NNC(=O)c1c(C)cccc1NC(=O)c1cc(C)nn1-c1ncccc1Cl. The van der Waals surface area contributed by atoms with Gasteiger partial charge in [-0.25, -0.2) is 9.67 Å². The van der Waals surface area contributed by atoms with Gasteiger partial charge in [-0.2, -0.15) is 5.10 Å². The minimum absolute atomic E-state index is 0.197. The van der Waals surface area contributed by atoms with Gasteiger partial charge in [-0.3, -0.25) is 25.2 Å². The Kier molecular flexibility index (Phi) is 6.12. The maximum Gasteiger partial charge on any atom is 0.274 e. The van der Waals surface area contributed by atoms with Crippen LogP contribution in [-0.2, 0) is 4.79 Å². The van der Waals surface area contributed by atoms with Gasteiger partial charge in [-0.15, -0.1) is 0 Å². The number of carbonyl (C=O) groups is 3. The number of aromatic nitrogens is 3. The van der Waals surface area contributed by atoms with Crippen molar-refractivity contribution in [3.63, 3.8) is 0 Å². The van der Waals surface area contributed by atoms with Gasteiger partial charge in [-0.1, -0.05) is 23.7 Å². The summed E-state index contributed by atoms with van der Waals surface area (Å²) in [6.07, 6.45) is 1.55. The van der Waals surface area contributed by atoms with E-state index >= 15 is 0 Å². The lowest BCUT2D eigenvalue weighted by molar-refractivity contribution is -0.119. The smallest absolute Gasteiger partial charge is 0.274 e. The van der Waals surface area contributed by atoms with Crippen molar-refractivity contribution in [2.45, 2.75) is 20.8 Å². The second kappa shape index (κ2) is 8.75. The molecule has 3 N–H and O–H groups in total. The van der Waals surface area contributed by atoms with Crippen LogP contribution in [0.5, 0.6) is 0 Å². The highest BCUT2D eigenvalue weighted by Crippen LogP contribution is 2.23. The molecule has 0 fully saturated rings. The van der Waals surface area contributed by atoms with Crippen LogP contribution in [-0.4, -0.2) is 32.5 Å². The van der Waals surface area contributed by atoms with Crippen LogP contribution in [0.4, 0.5) is 5.69 Å². The third-order valence-electron chi connectivity index (χ3n) is 4.10. The maximum atomic E-state index is 13.0. The van der Waals surface area contributed by atoms with E-state index in [2.05, 4.69) is 26.3 Å². The summed E-state index contributed by atoms with van der Waals surface area (Å²) in [5.74, 6) is -1.17. The maximum absolute atomic E-state index is 13.0. The van der Waals surface area contributed by atoms with Gasteiger partial charge < -0.3 is 5.32 Å². The first-order valence-corrected chi connectivity index (χ1v) is 9.31. The molecule has 0 bridgehead atoms. The zero-order valence-corrected chi connectivity index (χ0v) is 17.2. The van der Waals surface area contributed by atoms with Crippen LogP contribution in [0.25, 0.3) is 5.82 Å². The first kappa shape index (κ1) is 21.0. The molecule has 0 aliphatic rings. The lowest BCUT2D eigenvalue weighted by Crippen LogP contribution is -2.41. The average Bonchev–Trinajstić information content (AvgIpc) is 3.08. The Balaban J connectivity index is 1.95. The lowest BCUT2D eigenvalue weighted by Gasteiger charge is -2.14. The van der Waals surface area contributed by atoms with Crippen LogP contribution in [0.2, 0.25) is 5.02 Å². The molecule has 0 atom stereocenters. The normalized spacial score (nSPS) is 10.4. The third kappa shape index (κ3) is 4.47. The molecular formula is C20H19ClN6O3. The fourth-order valence-corrected chi connectivity index (χ4v) is 3.02. The summed E-state index contributed by atoms with van der Waals surface area (Å²) < 4.78 is 1.35. The second-order valence-electron chi connectivity index (χ2n) is 6.48. The summed E-state index contributed by atoms with van der Waals surface area (Å²) in [6.45, 7) is 4.73. The van der Waals surface area contributed by atoms with Crippen molar-refractivity contribution in [3.8, 4) is 5.82 Å². The number of rotatable bonds is 4. The summed E-state index contributed by atoms with van der Waals surface area (Å²) in [4.78, 5) is 40.9. The molecule has 3 aromatic rings. The predicted octanol–water partition coefficient (Wildman–Crippen LogP) is 2.57. The van der Waals surface area contributed by atoms with Crippen molar-refractivity contribution >= 4 is 35.0 Å². The second-order valence-corrected chi connectivity index (χ2v) is 6.89. The van der Waals surface area contributed by atoms with Crippen molar-refractivity contribution in [1.82, 2.24) is 25.6 Å². The fraction of sp³-hybridized carbons (Fsp3) is 0.150. The molecule has 9 nitrogen and oxygen atoms in total. The van der Waals surface area contributed by atoms with Crippen molar-refractivity contribution < 1.29 is 14.4 Å². The van der Waals surface area contributed by atoms with Crippen molar-refractivity contribution in [2.75, 3.05) is 5.32 Å². The van der Waals surface area contributed by atoms with Gasteiger partial charge in [0.2, 0.25) is 5.91 Å². The average molecular weight is 427 g/mol. The lowest BCUT2D eigenvalue weighted by atomic mass is 10.1. The van der Waals surface area contributed by atoms with Gasteiger partial charge in [0.15, 0.2) is 5.82 Å². The fourth-order valence-electron chi connectivity index (χ4n) is 2.82. The Bertz CT molecular complexity index is 1140. The number of amides is 3. The van der Waals surface area contributed by atoms with Gasteiger partial charge >= 0.3 is 0 Å². The Morgan fingerprint density at radius 3 is 2.50 bits per heavy atom. The Morgan fingerprint density at radius 1 is 1.03 bits per heavy atom. The molecular weight excluding hydrogens is 408 g/mol. The largest absolute Gasteiger partial charge is 0.320 e. The van der Waals surface area contributed by atoms with Crippen LogP contribution >= 0.6 is 11.6 Å². The number of pyridine rings is 1. The van der Waals surface area contributed by atoms with Gasteiger partial charge in [0.05, 0.1) is 22.0 Å². The molecule has 0 spiro atoms. The molecule has 0 radical (unpaired) electrons. The molecule has 154 valence electrons. The van der Waals surface area contributed by atoms with Crippen LogP contribution in [0.3, 0.4) is 0 Å². The third-order valence-corrected chi connectivity index (χ3v) is 4.40. The number of hydrogen-bond acceptors (Lipinski definition) is 5. The number of hydrogen-bond donors (Lipinski definition) is 3. The molecule has 0 aliphatic heterocycles. The molecule has 3 rings (SSSR count). The zero-order chi connectivity index (χ0) is 21.8. The number of nitrogens with one attached hydrogen (secondary N) is 3. The van der Waals surface area contributed by atoms with E-state index in [4.69, 9.17) is 11.6 Å².